The molecule has 1 radical (unpaired) electrons. The molecule has 12 N–H and O–H groups in total. The van der Waals surface area contributed by atoms with Gasteiger partial charge in [-0.1, -0.05) is 6.08 Å². The minimum atomic E-state index is -5.37. The first-order valence-electron chi connectivity index (χ1n) is 12.7. The van der Waals surface area contributed by atoms with E-state index in [1.54, 1.807) is 6.08 Å². The standard InChI is InChI=1S/C21H29N7O14P2.Na.H2O/c22-17-12-19(25-7-24-17)28(8-26-12)21-16(32)14(30)11(41-21)6-39-44(36,37)42-43(34,35)38-5-10-13(29)15(31)20(40-10)27-3-1-2-9(4-27)18(23)33;;/h1,3-4,7-8,10-11,13-16,20-21,29-32H,2,5-6H2,(H2,23,33)(H,34,35)(H,36,37)(H2,22,24,25);;1H2/t10-,11-,13-,14-,15-,16-,20-,21-;;/m1../s1. The van der Waals surface area contributed by atoms with Gasteiger partial charge in [-0.2, -0.15) is 4.31 Å². The maximum Gasteiger partial charge on any atom is 0.481 e. The van der Waals surface area contributed by atoms with E-state index in [1.165, 1.54) is 28.2 Å². The molecule has 2 unspecified atom stereocenters. The molecular weight excluding hydrogens is 675 g/mol. The number of rotatable bonds is 11. The number of carbonyl (C=O) groups excluding carboxylic acids is 1. The summed E-state index contributed by atoms with van der Waals surface area (Å²) in [6.07, 6.45) is -4.88. The number of imidazole rings is 1. The number of ether oxygens (including phenoxy) is 2. The fourth-order valence-corrected chi connectivity index (χ4v) is 6.77. The molecule has 3 aliphatic rings. The second-order valence-electron chi connectivity index (χ2n) is 9.84. The van der Waals surface area contributed by atoms with Gasteiger partial charge < -0.3 is 61.5 Å². The number of amides is 1. The Hall–Kier alpha value is -1.92. The van der Waals surface area contributed by atoms with Crippen LogP contribution in [0.1, 0.15) is 12.6 Å². The number of hydrogen-bond acceptors (Lipinski definition) is 17. The third-order valence-electron chi connectivity index (χ3n) is 6.88. The summed E-state index contributed by atoms with van der Waals surface area (Å²) >= 11 is 0. The van der Waals surface area contributed by atoms with Crippen molar-refractivity contribution in [3.8, 4) is 0 Å². The van der Waals surface area contributed by atoms with Crippen LogP contribution in [0.5, 0.6) is 0 Å². The molecule has 46 heavy (non-hydrogen) atoms. The SMILES string of the molecule is NC(=O)C1=CN([C@@H]2O[C@H](COP(=O)(O)OP(=O)(O)OC[C@H]3O[C@@H](n4cnc5c(N)ncnc54)[C@H](O)[C@@H]3O)[C@@H](O)[C@H]2O)C=CC1.O.[Na]. The van der Waals surface area contributed by atoms with Crippen LogP contribution in [0.3, 0.4) is 0 Å². The van der Waals surface area contributed by atoms with Gasteiger partial charge in [0.15, 0.2) is 23.9 Å². The molecular formula is C21H31N7NaO15P2. The van der Waals surface area contributed by atoms with E-state index in [-0.39, 0.29) is 64.0 Å². The van der Waals surface area contributed by atoms with E-state index in [0.717, 1.165) is 6.33 Å². The van der Waals surface area contributed by atoms with Crippen molar-refractivity contribution in [3.63, 3.8) is 0 Å². The predicted molar refractivity (Wildman–Crippen MR) is 151 cm³/mol. The Bertz CT molecular complexity index is 1560. The van der Waals surface area contributed by atoms with Crippen LogP contribution in [0.25, 0.3) is 11.2 Å². The van der Waals surface area contributed by atoms with Crippen molar-refractivity contribution >= 4 is 68.1 Å². The van der Waals surface area contributed by atoms with Crippen LogP contribution in [-0.2, 0) is 36.8 Å². The van der Waals surface area contributed by atoms with E-state index in [0.29, 0.717) is 0 Å². The van der Waals surface area contributed by atoms with Gasteiger partial charge in [0, 0.05) is 47.5 Å². The summed E-state index contributed by atoms with van der Waals surface area (Å²) in [7, 11) is -10.7. The molecule has 22 nitrogen and oxygen atoms in total. The average molecular weight is 706 g/mol. The van der Waals surface area contributed by atoms with Crippen molar-refractivity contribution in [2.24, 2.45) is 5.73 Å². The number of aliphatic hydroxyl groups is 4. The van der Waals surface area contributed by atoms with Crippen molar-refractivity contribution < 1.29 is 72.4 Å². The van der Waals surface area contributed by atoms with Crippen LogP contribution in [0.2, 0.25) is 0 Å². The number of aromatic nitrogens is 4. The van der Waals surface area contributed by atoms with Gasteiger partial charge in [-0.15, -0.1) is 0 Å². The van der Waals surface area contributed by atoms with Crippen LogP contribution >= 0.6 is 15.6 Å². The van der Waals surface area contributed by atoms with Crippen molar-refractivity contribution in [1.29, 1.82) is 0 Å². The number of anilines is 1. The summed E-state index contributed by atoms with van der Waals surface area (Å²) in [4.78, 5) is 44.6. The number of nitrogens with zero attached hydrogens (tertiary/aromatic N) is 5. The molecule has 5 rings (SSSR count). The van der Waals surface area contributed by atoms with E-state index in [1.807, 2.05) is 0 Å². The normalized spacial score (nSPS) is 31.9. The number of hydrogen-bond donors (Lipinski definition) is 8. The molecule has 2 fully saturated rings. The molecule has 0 aromatic carbocycles. The average Bonchev–Trinajstić information content (AvgIpc) is 3.61. The van der Waals surface area contributed by atoms with Gasteiger partial charge in [0.1, 0.15) is 48.5 Å². The van der Waals surface area contributed by atoms with Crippen LogP contribution in [0, 0.1) is 0 Å². The third-order valence-corrected chi connectivity index (χ3v) is 9.48. The van der Waals surface area contributed by atoms with Gasteiger partial charge in [-0.05, 0) is 6.42 Å². The Morgan fingerprint density at radius 2 is 1.52 bits per heavy atom. The molecule has 3 aliphatic heterocycles. The zero-order chi connectivity index (χ0) is 32.0. The summed E-state index contributed by atoms with van der Waals surface area (Å²) < 4.78 is 50.8. The van der Waals surface area contributed by atoms with E-state index < -0.39 is 83.8 Å². The summed E-state index contributed by atoms with van der Waals surface area (Å²) in [6, 6.07) is 0. The molecule has 2 aromatic rings. The third kappa shape index (κ3) is 8.20. The number of primary amides is 1. The second-order valence-corrected chi connectivity index (χ2v) is 12.9. The zero-order valence-electron chi connectivity index (χ0n) is 23.9. The smallest absolute Gasteiger partial charge is 0.412 e. The minimum absolute atomic E-state index is 0. The minimum Gasteiger partial charge on any atom is -0.412 e. The van der Waals surface area contributed by atoms with Gasteiger partial charge in [-0.3, -0.25) is 18.4 Å². The van der Waals surface area contributed by atoms with E-state index in [2.05, 4.69) is 19.3 Å². The largest absolute Gasteiger partial charge is 0.481 e. The van der Waals surface area contributed by atoms with Crippen molar-refractivity contribution in [2.75, 3.05) is 18.9 Å². The van der Waals surface area contributed by atoms with Crippen molar-refractivity contribution in [3.05, 3.63) is 36.7 Å². The van der Waals surface area contributed by atoms with Crippen LogP contribution < -0.4 is 11.5 Å². The number of allylic oxidation sites excluding steroid dienone is 1. The molecule has 0 saturated carbocycles. The number of nitrogen functional groups attached to an aromatic ring is 1. The number of phosphoric acid groups is 2. The first-order chi connectivity index (χ1) is 20.7. The number of phosphoric ester groups is 2. The van der Waals surface area contributed by atoms with E-state index in [4.69, 9.17) is 30.0 Å². The van der Waals surface area contributed by atoms with E-state index in [9.17, 15) is 44.1 Å². The van der Waals surface area contributed by atoms with Crippen LogP contribution in [0.4, 0.5) is 5.82 Å². The summed E-state index contributed by atoms with van der Waals surface area (Å²) in [6.45, 7) is -1.79. The van der Waals surface area contributed by atoms with Gasteiger partial charge in [0.25, 0.3) is 0 Å². The Morgan fingerprint density at radius 3 is 2.11 bits per heavy atom. The van der Waals surface area contributed by atoms with Gasteiger partial charge >= 0.3 is 15.6 Å². The van der Waals surface area contributed by atoms with Crippen molar-refractivity contribution in [2.45, 2.75) is 55.5 Å². The van der Waals surface area contributed by atoms with Crippen LogP contribution in [0.15, 0.2) is 36.7 Å². The molecule has 0 spiro atoms. The number of nitrogens with two attached hydrogens (primary N) is 2. The van der Waals surface area contributed by atoms with Crippen molar-refractivity contribution in [1.82, 2.24) is 24.4 Å². The number of fused-ring (bicyclic) bond motifs is 1. The molecule has 251 valence electrons. The molecule has 5 heterocycles. The quantitative estimate of drug-likeness (QED) is 0.0817. The second kappa shape index (κ2) is 15.1. The zero-order valence-corrected chi connectivity index (χ0v) is 27.7. The predicted octanol–water partition coefficient (Wildman–Crippen LogP) is -3.89. The first-order valence-corrected chi connectivity index (χ1v) is 15.7. The Kier molecular flexibility index (Phi) is 12.6. The van der Waals surface area contributed by atoms with Gasteiger partial charge in [-0.25, -0.2) is 24.1 Å². The van der Waals surface area contributed by atoms with E-state index >= 15 is 0 Å². The molecule has 25 heteroatoms. The molecule has 10 atom stereocenters. The Balaban J connectivity index is 0.00000288. The maximum absolute atomic E-state index is 12.4. The number of aliphatic hydroxyl groups excluding tert-OH is 4. The fourth-order valence-electron chi connectivity index (χ4n) is 4.68. The molecule has 0 bridgehead atoms. The molecule has 1 amide bonds. The Morgan fingerprint density at radius 1 is 0.957 bits per heavy atom. The first kappa shape index (κ1) is 38.5. The van der Waals surface area contributed by atoms with Gasteiger partial charge in [0.2, 0.25) is 5.91 Å². The summed E-state index contributed by atoms with van der Waals surface area (Å²) in [5, 5.41) is 41.6. The molecule has 0 aliphatic carbocycles. The maximum atomic E-state index is 12.4. The van der Waals surface area contributed by atoms with Crippen LogP contribution in [-0.4, -0.2) is 152 Å². The summed E-state index contributed by atoms with van der Waals surface area (Å²) in [5.74, 6) is -0.658. The fraction of sp³-hybridized carbons (Fsp3) is 0.524. The number of carbonyl (C=O) groups is 1. The molecule has 2 saturated heterocycles. The summed E-state index contributed by atoms with van der Waals surface area (Å²) in [5.41, 5.74) is 11.6. The molecule has 2 aromatic heterocycles. The Labute approximate surface area is 281 Å². The monoisotopic (exact) mass is 706 g/mol. The topological polar surface area (TPSA) is 349 Å². The van der Waals surface area contributed by atoms with Gasteiger partial charge in [0.05, 0.1) is 19.5 Å².